The summed E-state index contributed by atoms with van der Waals surface area (Å²) in [6, 6.07) is 2.99. The number of carbonyl (C=O) groups is 1. The number of aryl methyl sites for hydroxylation is 2. The topological polar surface area (TPSA) is 66.9 Å². The number of piperazine rings is 1. The zero-order valence-electron chi connectivity index (χ0n) is 14.6. The van der Waals surface area contributed by atoms with Crippen molar-refractivity contribution in [2.45, 2.75) is 25.4 Å². The van der Waals surface area contributed by atoms with E-state index in [0.29, 0.717) is 4.90 Å². The third kappa shape index (κ3) is 4.15. The fourth-order valence-corrected chi connectivity index (χ4v) is 6.66. The summed E-state index contributed by atoms with van der Waals surface area (Å²) in [6.07, 6.45) is 0. The SMILES string of the molecule is Cc1cc(S(=O)(=O)N2CCN(C(=O)c3sccc3OC(F)F)CC2)c(C)s1. The minimum Gasteiger partial charge on any atom is -0.433 e. The fourth-order valence-electron chi connectivity index (χ4n) is 2.92. The summed E-state index contributed by atoms with van der Waals surface area (Å²) in [5.41, 5.74) is 0. The van der Waals surface area contributed by atoms with Crippen LogP contribution in [0.1, 0.15) is 19.4 Å². The number of thiophene rings is 2. The van der Waals surface area contributed by atoms with E-state index < -0.39 is 22.5 Å². The molecule has 0 atom stereocenters. The van der Waals surface area contributed by atoms with Crippen molar-refractivity contribution in [3.63, 3.8) is 0 Å². The van der Waals surface area contributed by atoms with Crippen LogP contribution in [0.5, 0.6) is 5.75 Å². The molecule has 0 N–H and O–H groups in total. The Morgan fingerprint density at radius 3 is 2.44 bits per heavy atom. The summed E-state index contributed by atoms with van der Waals surface area (Å²) in [4.78, 5) is 16.1. The van der Waals surface area contributed by atoms with Gasteiger partial charge in [-0.3, -0.25) is 4.79 Å². The summed E-state index contributed by atoms with van der Waals surface area (Å²) in [7, 11) is -3.61. The van der Waals surface area contributed by atoms with Crippen LogP contribution in [-0.4, -0.2) is 56.3 Å². The molecule has 0 unspecified atom stereocenters. The van der Waals surface area contributed by atoms with Gasteiger partial charge in [0.15, 0.2) is 0 Å². The Bertz CT molecular complexity index is 931. The van der Waals surface area contributed by atoms with Crippen LogP contribution in [0.3, 0.4) is 0 Å². The van der Waals surface area contributed by atoms with E-state index in [4.69, 9.17) is 0 Å². The number of halogens is 2. The highest BCUT2D eigenvalue weighted by Crippen LogP contribution is 2.30. The van der Waals surface area contributed by atoms with Gasteiger partial charge < -0.3 is 9.64 Å². The van der Waals surface area contributed by atoms with Gasteiger partial charge in [0.05, 0.1) is 4.90 Å². The third-order valence-electron chi connectivity index (χ3n) is 4.18. The Morgan fingerprint density at radius 1 is 1.22 bits per heavy atom. The highest BCUT2D eigenvalue weighted by Gasteiger charge is 2.33. The van der Waals surface area contributed by atoms with Crippen molar-refractivity contribution < 1.29 is 26.7 Å². The molecule has 11 heteroatoms. The molecule has 0 aromatic carbocycles. The zero-order chi connectivity index (χ0) is 19.8. The molecule has 27 heavy (non-hydrogen) atoms. The van der Waals surface area contributed by atoms with E-state index in [1.807, 2.05) is 6.92 Å². The number of sulfonamides is 1. The maximum absolute atomic E-state index is 12.8. The number of rotatable bonds is 5. The first-order chi connectivity index (χ1) is 12.7. The first-order valence-electron chi connectivity index (χ1n) is 8.09. The molecule has 1 amide bonds. The molecule has 3 heterocycles. The molecule has 1 fully saturated rings. The molecule has 148 valence electrons. The maximum Gasteiger partial charge on any atom is 0.387 e. The van der Waals surface area contributed by atoms with Gasteiger partial charge in [0, 0.05) is 35.9 Å². The average molecular weight is 437 g/mol. The highest BCUT2D eigenvalue weighted by molar-refractivity contribution is 7.89. The molecule has 1 saturated heterocycles. The van der Waals surface area contributed by atoms with Gasteiger partial charge in [-0.05, 0) is 31.4 Å². The largest absolute Gasteiger partial charge is 0.433 e. The number of amides is 1. The Hall–Kier alpha value is -1.56. The number of alkyl halides is 2. The average Bonchev–Trinajstić information content (AvgIpc) is 3.20. The van der Waals surface area contributed by atoms with E-state index in [0.717, 1.165) is 21.1 Å². The van der Waals surface area contributed by atoms with Crippen molar-refractivity contribution in [2.24, 2.45) is 0 Å². The van der Waals surface area contributed by atoms with Crippen molar-refractivity contribution in [1.29, 1.82) is 0 Å². The van der Waals surface area contributed by atoms with Gasteiger partial charge in [-0.15, -0.1) is 22.7 Å². The molecule has 1 aliphatic heterocycles. The summed E-state index contributed by atoms with van der Waals surface area (Å²) in [6.45, 7) is 1.29. The Labute approximate surface area is 164 Å². The van der Waals surface area contributed by atoms with E-state index in [1.165, 1.54) is 32.0 Å². The minimum atomic E-state index is -3.61. The van der Waals surface area contributed by atoms with Crippen molar-refractivity contribution in [2.75, 3.05) is 26.2 Å². The van der Waals surface area contributed by atoms with Crippen molar-refractivity contribution in [3.05, 3.63) is 32.1 Å². The van der Waals surface area contributed by atoms with Gasteiger partial charge in [0.25, 0.3) is 5.91 Å². The number of hydrogen-bond donors (Lipinski definition) is 0. The van der Waals surface area contributed by atoms with Crippen LogP contribution in [-0.2, 0) is 10.0 Å². The Balaban J connectivity index is 1.69. The molecule has 2 aromatic rings. The van der Waals surface area contributed by atoms with Gasteiger partial charge in [-0.2, -0.15) is 13.1 Å². The van der Waals surface area contributed by atoms with E-state index in [1.54, 1.807) is 13.0 Å². The van der Waals surface area contributed by atoms with Gasteiger partial charge in [0.2, 0.25) is 10.0 Å². The van der Waals surface area contributed by atoms with E-state index in [-0.39, 0.29) is 36.8 Å². The summed E-state index contributed by atoms with van der Waals surface area (Å²) in [5, 5.41) is 1.51. The lowest BCUT2D eigenvalue weighted by molar-refractivity contribution is -0.0499. The second-order valence-electron chi connectivity index (χ2n) is 5.97. The molecule has 2 aromatic heterocycles. The predicted octanol–water partition coefficient (Wildman–Crippen LogP) is 3.17. The Kier molecular flexibility index (Phi) is 5.84. The summed E-state index contributed by atoms with van der Waals surface area (Å²) >= 11 is 2.45. The molecule has 1 aliphatic rings. The lowest BCUT2D eigenvalue weighted by Gasteiger charge is -2.33. The first-order valence-corrected chi connectivity index (χ1v) is 11.2. The molecular weight excluding hydrogens is 418 g/mol. The van der Waals surface area contributed by atoms with E-state index in [2.05, 4.69) is 4.74 Å². The second kappa shape index (κ2) is 7.82. The van der Waals surface area contributed by atoms with Crippen molar-refractivity contribution >= 4 is 38.6 Å². The third-order valence-corrected chi connectivity index (χ3v) is 8.18. The van der Waals surface area contributed by atoms with Gasteiger partial charge in [0.1, 0.15) is 10.6 Å². The molecule has 0 bridgehead atoms. The lowest BCUT2D eigenvalue weighted by Crippen LogP contribution is -2.50. The van der Waals surface area contributed by atoms with Crippen LogP contribution in [0.25, 0.3) is 0 Å². The summed E-state index contributed by atoms with van der Waals surface area (Å²) < 4.78 is 56.3. The van der Waals surface area contributed by atoms with Crippen LogP contribution in [0.15, 0.2) is 22.4 Å². The number of ether oxygens (including phenoxy) is 1. The maximum atomic E-state index is 12.8. The normalized spacial score (nSPS) is 16.1. The van der Waals surface area contributed by atoms with Gasteiger partial charge in [-0.25, -0.2) is 8.42 Å². The lowest BCUT2D eigenvalue weighted by atomic mass is 10.3. The van der Waals surface area contributed by atoms with Crippen LogP contribution in [0.4, 0.5) is 8.78 Å². The molecule has 6 nitrogen and oxygen atoms in total. The van der Waals surface area contributed by atoms with Crippen molar-refractivity contribution in [3.8, 4) is 5.75 Å². The molecule has 3 rings (SSSR count). The van der Waals surface area contributed by atoms with Crippen molar-refractivity contribution in [1.82, 2.24) is 9.21 Å². The molecule has 0 saturated carbocycles. The second-order valence-corrected chi connectivity index (χ2v) is 10.2. The number of carbonyl (C=O) groups excluding carboxylic acids is 1. The smallest absolute Gasteiger partial charge is 0.387 e. The van der Waals surface area contributed by atoms with Crippen LogP contribution in [0, 0.1) is 13.8 Å². The predicted molar refractivity (Wildman–Crippen MR) is 99.4 cm³/mol. The van der Waals surface area contributed by atoms with Crippen LogP contribution >= 0.6 is 22.7 Å². The van der Waals surface area contributed by atoms with Crippen LogP contribution < -0.4 is 4.74 Å². The monoisotopic (exact) mass is 436 g/mol. The van der Waals surface area contributed by atoms with Gasteiger partial charge in [-0.1, -0.05) is 0 Å². The summed E-state index contributed by atoms with van der Waals surface area (Å²) in [5.74, 6) is -0.584. The molecule has 0 spiro atoms. The first kappa shape index (κ1) is 20.2. The van der Waals surface area contributed by atoms with E-state index >= 15 is 0 Å². The fraction of sp³-hybridized carbons (Fsp3) is 0.438. The van der Waals surface area contributed by atoms with E-state index in [9.17, 15) is 22.0 Å². The van der Waals surface area contributed by atoms with Gasteiger partial charge >= 0.3 is 6.61 Å². The Morgan fingerprint density at radius 2 is 1.89 bits per heavy atom. The quantitative estimate of drug-likeness (QED) is 0.722. The molecular formula is C16H18F2N2O4S3. The number of nitrogens with zero attached hydrogens (tertiary/aromatic N) is 2. The molecule has 0 radical (unpaired) electrons. The van der Waals surface area contributed by atoms with Crippen LogP contribution in [0.2, 0.25) is 0 Å². The number of hydrogen-bond acceptors (Lipinski definition) is 6. The zero-order valence-corrected chi connectivity index (χ0v) is 17.1. The molecule has 0 aliphatic carbocycles. The minimum absolute atomic E-state index is 0.0934. The standard InChI is InChI=1S/C16H18F2N2O4S3/c1-10-9-13(11(2)26-10)27(22,23)20-6-4-19(5-7-20)15(21)14-12(3-8-25-14)24-16(17)18/h3,8-9,16H,4-7H2,1-2H3. The highest BCUT2D eigenvalue weighted by atomic mass is 32.2.